The minimum absolute atomic E-state index is 0.0219. The summed E-state index contributed by atoms with van der Waals surface area (Å²) in [5, 5.41) is 24.1. The molecule has 1 fully saturated rings. The van der Waals surface area contributed by atoms with Crippen molar-refractivity contribution in [1.29, 1.82) is 0 Å². The number of aryl methyl sites for hydroxylation is 4. The van der Waals surface area contributed by atoms with Gasteiger partial charge < -0.3 is 10.2 Å². The number of benzene rings is 4. The second-order valence-electron chi connectivity index (χ2n) is 25.5. The molecule has 0 bridgehead atoms. The van der Waals surface area contributed by atoms with Crippen LogP contribution in [0.5, 0.6) is 11.5 Å². The first kappa shape index (κ1) is 62.7. The molecule has 2 N–H and O–H groups in total. The van der Waals surface area contributed by atoms with Gasteiger partial charge in [-0.2, -0.15) is 0 Å². The summed E-state index contributed by atoms with van der Waals surface area (Å²) in [5.74, 6) is 0.656. The summed E-state index contributed by atoms with van der Waals surface area (Å²) in [6.07, 6.45) is 43.6. The maximum Gasteiger partial charge on any atom is 0.128 e. The van der Waals surface area contributed by atoms with Crippen LogP contribution in [-0.2, 0) is 36.5 Å². The fourth-order valence-corrected chi connectivity index (χ4v) is 11.7. The molecule has 1 aliphatic rings. The Morgan fingerprint density at radius 1 is 0.368 bits per heavy atom. The van der Waals surface area contributed by atoms with Crippen LogP contribution in [-0.4, -0.2) is 34.7 Å². The van der Waals surface area contributed by atoms with Gasteiger partial charge in [0.25, 0.3) is 0 Å². The Balaban J connectivity index is 1.46. The van der Waals surface area contributed by atoms with E-state index in [4.69, 9.17) is 9.98 Å². The zero-order valence-electron chi connectivity index (χ0n) is 50.5. The highest BCUT2D eigenvalue weighted by Crippen LogP contribution is 2.40. The van der Waals surface area contributed by atoms with Crippen LogP contribution in [0.4, 0.5) is 0 Å². The van der Waals surface area contributed by atoms with Crippen molar-refractivity contribution in [2.45, 2.75) is 298 Å². The number of aromatic hydroxyl groups is 2. The van der Waals surface area contributed by atoms with Gasteiger partial charge in [0, 0.05) is 34.7 Å². The molecular formula is C72H110N2O2. The van der Waals surface area contributed by atoms with Gasteiger partial charge in [0.05, 0.1) is 12.1 Å². The van der Waals surface area contributed by atoms with E-state index in [1.54, 1.807) is 0 Å². The molecule has 5 rings (SSSR count). The number of rotatable bonds is 34. The van der Waals surface area contributed by atoms with E-state index in [0.29, 0.717) is 11.5 Å². The van der Waals surface area contributed by atoms with Crippen LogP contribution in [0.15, 0.2) is 70.6 Å². The molecule has 0 radical (unpaired) electrons. The van der Waals surface area contributed by atoms with E-state index in [-0.39, 0.29) is 22.9 Å². The molecule has 0 unspecified atom stereocenters. The predicted octanol–water partition coefficient (Wildman–Crippen LogP) is 21.5. The smallest absolute Gasteiger partial charge is 0.128 e. The molecule has 1 saturated carbocycles. The van der Waals surface area contributed by atoms with Gasteiger partial charge in [-0.25, -0.2) is 0 Å². The van der Waals surface area contributed by atoms with Crippen LogP contribution in [0.3, 0.4) is 0 Å². The molecule has 0 amide bonds. The Morgan fingerprint density at radius 2 is 0.632 bits per heavy atom. The van der Waals surface area contributed by atoms with Gasteiger partial charge in [0.2, 0.25) is 0 Å². The number of nitrogens with zero attached hydrogens (tertiary/aromatic N) is 2. The third-order valence-corrected chi connectivity index (χ3v) is 16.4. The largest absolute Gasteiger partial charge is 0.507 e. The SMILES string of the molecule is CCCCCCCCc1cc(CCCCCCCC)cc(-c2cc(C=N[C@@H]3CCCC[C@H]3N=Cc3cc(-c4cc(CCCCCCCC)cc(CCCCCCCC)c4)cc(C(C)(C)C)c3O)c(O)c(C(C)(C)C)c2)c1. The zero-order valence-corrected chi connectivity index (χ0v) is 50.5. The average Bonchev–Trinajstić information content (AvgIpc) is 3.40. The van der Waals surface area contributed by atoms with E-state index in [0.717, 1.165) is 84.7 Å². The van der Waals surface area contributed by atoms with Crippen molar-refractivity contribution in [2.75, 3.05) is 0 Å². The monoisotopic (exact) mass is 1030 g/mol. The maximum absolute atomic E-state index is 12.1. The molecule has 1 aliphatic carbocycles. The lowest BCUT2D eigenvalue weighted by molar-refractivity contribution is 0.390. The molecule has 4 aromatic carbocycles. The molecule has 4 heteroatoms. The van der Waals surface area contributed by atoms with Gasteiger partial charge >= 0.3 is 0 Å². The van der Waals surface area contributed by atoms with Crippen molar-refractivity contribution in [3.05, 3.63) is 105 Å². The summed E-state index contributed by atoms with van der Waals surface area (Å²) in [7, 11) is 0. The molecule has 2 atom stereocenters. The van der Waals surface area contributed by atoms with Crippen molar-refractivity contribution >= 4 is 12.4 Å². The van der Waals surface area contributed by atoms with Gasteiger partial charge in [0.1, 0.15) is 11.5 Å². The highest BCUT2D eigenvalue weighted by atomic mass is 16.3. The van der Waals surface area contributed by atoms with Crippen molar-refractivity contribution < 1.29 is 10.2 Å². The van der Waals surface area contributed by atoms with E-state index in [1.807, 2.05) is 12.4 Å². The van der Waals surface area contributed by atoms with Gasteiger partial charge in [-0.3, -0.25) is 9.98 Å². The quantitative estimate of drug-likeness (QED) is 0.0362. The Hall–Kier alpha value is -4.18. The third kappa shape index (κ3) is 21.2. The maximum atomic E-state index is 12.1. The highest BCUT2D eigenvalue weighted by Gasteiger charge is 2.27. The lowest BCUT2D eigenvalue weighted by Gasteiger charge is -2.26. The lowest BCUT2D eigenvalue weighted by Crippen LogP contribution is -2.27. The number of hydrogen-bond acceptors (Lipinski definition) is 4. The van der Waals surface area contributed by atoms with E-state index in [2.05, 4.69) is 130 Å². The first-order chi connectivity index (χ1) is 36.6. The van der Waals surface area contributed by atoms with Crippen LogP contribution in [0.1, 0.15) is 294 Å². The standard InChI is InChI=1S/C72H110N2O2/c1-11-15-19-23-27-31-37-55-43-56(38-32-28-24-20-16-12-2)46-59(45-55)61-49-63(69(75)65(51-61)71(5,6)7)53-73-67-41-35-36-42-68(67)74-54-64-50-62(52-66(70(64)76)72(8,9)10)60-47-57(39-33-29-25-21-17-13-3)44-58(48-60)40-34-30-26-22-18-14-4/h43-54,67-68,75-76H,11-42H2,1-10H3/t67-,68-/m1/s1. The average molecular weight is 1040 g/mol. The summed E-state index contributed by atoms with van der Waals surface area (Å²) in [4.78, 5) is 10.7. The summed E-state index contributed by atoms with van der Waals surface area (Å²) in [5.41, 5.74) is 13.5. The summed E-state index contributed by atoms with van der Waals surface area (Å²) in [6.45, 7) is 22.4. The van der Waals surface area contributed by atoms with Crippen molar-refractivity contribution in [2.24, 2.45) is 9.98 Å². The van der Waals surface area contributed by atoms with Crippen LogP contribution in [0, 0.1) is 0 Å². The summed E-state index contributed by atoms with van der Waals surface area (Å²) >= 11 is 0. The van der Waals surface area contributed by atoms with Crippen LogP contribution >= 0.6 is 0 Å². The third-order valence-electron chi connectivity index (χ3n) is 16.4. The lowest BCUT2D eigenvalue weighted by atomic mass is 9.82. The minimum atomic E-state index is -0.259. The molecule has 0 aromatic heterocycles. The van der Waals surface area contributed by atoms with Crippen molar-refractivity contribution in [3.63, 3.8) is 0 Å². The molecular weight excluding hydrogens is 925 g/mol. The first-order valence-electron chi connectivity index (χ1n) is 31.7. The number of unbranched alkanes of at least 4 members (excludes halogenated alkanes) is 20. The minimum Gasteiger partial charge on any atom is -0.507 e. The van der Waals surface area contributed by atoms with Gasteiger partial charge in [-0.1, -0.05) is 247 Å². The zero-order chi connectivity index (χ0) is 54.8. The molecule has 0 spiro atoms. The molecule has 4 aromatic rings. The Kier molecular flexibility index (Phi) is 27.5. The van der Waals surface area contributed by atoms with Crippen LogP contribution < -0.4 is 0 Å². The van der Waals surface area contributed by atoms with Gasteiger partial charge in [0.15, 0.2) is 0 Å². The summed E-state index contributed by atoms with van der Waals surface area (Å²) < 4.78 is 0. The number of hydrogen-bond donors (Lipinski definition) is 2. The second kappa shape index (κ2) is 33.3. The molecule has 76 heavy (non-hydrogen) atoms. The molecule has 0 heterocycles. The first-order valence-corrected chi connectivity index (χ1v) is 31.7. The normalized spacial score (nSPS) is 15.4. The Labute approximate surface area is 466 Å². The summed E-state index contributed by atoms with van der Waals surface area (Å²) in [6, 6.07) is 23.5. The molecule has 0 saturated heterocycles. The molecule has 420 valence electrons. The van der Waals surface area contributed by atoms with E-state index >= 15 is 0 Å². The highest BCUT2D eigenvalue weighted by molar-refractivity contribution is 5.89. The topological polar surface area (TPSA) is 65.2 Å². The molecule has 4 nitrogen and oxygen atoms in total. The second-order valence-corrected chi connectivity index (χ2v) is 25.5. The number of phenolic OH excluding ortho intramolecular Hbond substituents is 2. The van der Waals surface area contributed by atoms with Gasteiger partial charge in [-0.05, 0) is 144 Å². The fraction of sp³-hybridized carbons (Fsp3) is 0.639. The van der Waals surface area contributed by atoms with Crippen molar-refractivity contribution in [1.82, 2.24) is 0 Å². The fourth-order valence-electron chi connectivity index (χ4n) is 11.7. The Morgan fingerprint density at radius 3 is 0.908 bits per heavy atom. The van der Waals surface area contributed by atoms with Gasteiger partial charge in [-0.15, -0.1) is 0 Å². The van der Waals surface area contributed by atoms with Crippen LogP contribution in [0.2, 0.25) is 0 Å². The predicted molar refractivity (Wildman–Crippen MR) is 334 cm³/mol. The number of phenols is 2. The molecule has 0 aliphatic heterocycles. The van der Waals surface area contributed by atoms with E-state index < -0.39 is 0 Å². The Bertz CT molecular complexity index is 2120. The van der Waals surface area contributed by atoms with E-state index in [1.165, 1.54) is 187 Å². The van der Waals surface area contributed by atoms with Crippen molar-refractivity contribution in [3.8, 4) is 33.8 Å². The number of aliphatic imine (C=N–C) groups is 2. The van der Waals surface area contributed by atoms with E-state index in [9.17, 15) is 10.2 Å². The van der Waals surface area contributed by atoms with Crippen LogP contribution in [0.25, 0.3) is 22.3 Å².